The summed E-state index contributed by atoms with van der Waals surface area (Å²) in [4.78, 5) is 28.2. The third kappa shape index (κ3) is 6.30. The highest BCUT2D eigenvalue weighted by Gasteiger charge is 2.29. The number of anilines is 1. The van der Waals surface area contributed by atoms with E-state index in [1.54, 1.807) is 11.8 Å². The van der Waals surface area contributed by atoms with Gasteiger partial charge in [0.2, 0.25) is 5.91 Å². The molecule has 0 saturated heterocycles. The van der Waals surface area contributed by atoms with Crippen LogP contribution in [0.5, 0.6) is 0 Å². The van der Waals surface area contributed by atoms with Gasteiger partial charge in [0.05, 0.1) is 6.04 Å². The number of hydrogen-bond acceptors (Lipinski definition) is 3. The zero-order chi connectivity index (χ0) is 24.0. The van der Waals surface area contributed by atoms with Crippen molar-refractivity contribution in [3.05, 3.63) is 101 Å². The van der Waals surface area contributed by atoms with E-state index in [0.29, 0.717) is 13.0 Å². The molecule has 0 heterocycles. The Morgan fingerprint density at radius 1 is 0.909 bits per heavy atom. The molecular formula is C28H33N3O2. The quantitative estimate of drug-likeness (QED) is 0.542. The standard InChI is InChI=1S/C28H33N3O2/c1-19-10-13-23(14-11-19)16-17-31(25-15-12-20(2)21(3)18-25)28(33)26(30-27(32)22(4)29)24-8-6-5-7-9-24/h5-15,18,22,26H,16-17,29H2,1-4H3,(H,30,32)/t22?,26-/m0/s1. The van der Waals surface area contributed by atoms with Gasteiger partial charge < -0.3 is 16.0 Å². The first-order valence-corrected chi connectivity index (χ1v) is 11.3. The summed E-state index contributed by atoms with van der Waals surface area (Å²) in [5, 5.41) is 2.86. The van der Waals surface area contributed by atoms with Crippen molar-refractivity contribution >= 4 is 17.5 Å². The molecule has 5 nitrogen and oxygen atoms in total. The molecule has 0 bridgehead atoms. The van der Waals surface area contributed by atoms with Gasteiger partial charge in [0.1, 0.15) is 6.04 Å². The molecule has 2 atom stereocenters. The van der Waals surface area contributed by atoms with Crippen molar-refractivity contribution < 1.29 is 9.59 Å². The molecule has 3 aromatic rings. The van der Waals surface area contributed by atoms with Crippen LogP contribution in [0.15, 0.2) is 72.8 Å². The third-order valence-electron chi connectivity index (χ3n) is 5.89. The lowest BCUT2D eigenvalue weighted by Crippen LogP contribution is -2.47. The van der Waals surface area contributed by atoms with Crippen molar-refractivity contribution in [1.82, 2.24) is 5.32 Å². The van der Waals surface area contributed by atoms with Crippen molar-refractivity contribution in [3.63, 3.8) is 0 Å². The normalized spacial score (nSPS) is 12.6. The van der Waals surface area contributed by atoms with Crippen molar-refractivity contribution in [3.8, 4) is 0 Å². The first-order chi connectivity index (χ1) is 15.8. The van der Waals surface area contributed by atoms with Crippen molar-refractivity contribution in [2.75, 3.05) is 11.4 Å². The average Bonchev–Trinajstić information content (AvgIpc) is 2.81. The van der Waals surface area contributed by atoms with Gasteiger partial charge in [-0.1, -0.05) is 66.2 Å². The second kappa shape index (κ2) is 10.9. The van der Waals surface area contributed by atoms with E-state index in [-0.39, 0.29) is 11.8 Å². The highest BCUT2D eigenvalue weighted by molar-refractivity contribution is 6.00. The number of hydrogen-bond donors (Lipinski definition) is 2. The van der Waals surface area contributed by atoms with Crippen molar-refractivity contribution in [2.45, 2.75) is 46.2 Å². The SMILES string of the molecule is Cc1ccc(CCN(C(=O)[C@@H](NC(=O)C(C)N)c2ccccc2)c2ccc(C)c(C)c2)cc1. The molecule has 3 rings (SSSR count). The molecule has 0 saturated carbocycles. The minimum atomic E-state index is -0.829. The number of nitrogens with two attached hydrogens (primary N) is 1. The molecular weight excluding hydrogens is 410 g/mol. The first-order valence-electron chi connectivity index (χ1n) is 11.3. The second-order valence-electron chi connectivity index (χ2n) is 8.63. The summed E-state index contributed by atoms with van der Waals surface area (Å²) in [7, 11) is 0. The number of carbonyl (C=O) groups excluding carboxylic acids is 2. The molecule has 0 fully saturated rings. The summed E-state index contributed by atoms with van der Waals surface area (Å²) in [6, 6.07) is 22.1. The van der Waals surface area contributed by atoms with Crippen LogP contribution in [0.25, 0.3) is 0 Å². The Morgan fingerprint density at radius 3 is 2.18 bits per heavy atom. The highest BCUT2D eigenvalue weighted by Crippen LogP contribution is 2.24. The molecule has 2 amide bonds. The summed E-state index contributed by atoms with van der Waals surface area (Å²) in [6.07, 6.45) is 0.696. The van der Waals surface area contributed by atoms with E-state index in [2.05, 4.69) is 36.5 Å². The zero-order valence-corrected chi connectivity index (χ0v) is 19.8. The van der Waals surface area contributed by atoms with E-state index >= 15 is 0 Å². The van der Waals surface area contributed by atoms with E-state index in [4.69, 9.17) is 5.73 Å². The molecule has 0 aromatic heterocycles. The fraction of sp³-hybridized carbons (Fsp3) is 0.286. The van der Waals surface area contributed by atoms with E-state index in [1.165, 1.54) is 5.56 Å². The lowest BCUT2D eigenvalue weighted by atomic mass is 10.0. The molecule has 3 aromatic carbocycles. The van der Waals surface area contributed by atoms with Gasteiger partial charge in [-0.05, 0) is 68.5 Å². The van der Waals surface area contributed by atoms with Gasteiger partial charge in [-0.3, -0.25) is 9.59 Å². The van der Waals surface area contributed by atoms with Crippen LogP contribution < -0.4 is 16.0 Å². The molecule has 3 N–H and O–H groups in total. The van der Waals surface area contributed by atoms with Gasteiger partial charge in [-0.15, -0.1) is 0 Å². The van der Waals surface area contributed by atoms with Gasteiger partial charge >= 0.3 is 0 Å². The third-order valence-corrected chi connectivity index (χ3v) is 5.89. The van der Waals surface area contributed by atoms with Crippen molar-refractivity contribution in [1.29, 1.82) is 0 Å². The highest BCUT2D eigenvalue weighted by atomic mass is 16.2. The summed E-state index contributed by atoms with van der Waals surface area (Å²) in [5.74, 6) is -0.554. The first kappa shape index (κ1) is 24.2. The van der Waals surface area contributed by atoms with E-state index < -0.39 is 12.1 Å². The van der Waals surface area contributed by atoms with Crippen LogP contribution in [0.2, 0.25) is 0 Å². The summed E-state index contributed by atoms with van der Waals surface area (Å²) in [6.45, 7) is 8.24. The van der Waals surface area contributed by atoms with Gasteiger partial charge in [-0.2, -0.15) is 0 Å². The number of rotatable bonds is 8. The maximum absolute atomic E-state index is 13.9. The monoisotopic (exact) mass is 443 g/mol. The van der Waals surface area contributed by atoms with Crippen molar-refractivity contribution in [2.24, 2.45) is 5.73 Å². The number of amides is 2. The second-order valence-corrected chi connectivity index (χ2v) is 8.63. The van der Waals surface area contributed by atoms with Crippen LogP contribution >= 0.6 is 0 Å². The molecule has 0 aliphatic heterocycles. The van der Waals surface area contributed by atoms with Crippen LogP contribution in [0.4, 0.5) is 5.69 Å². The number of nitrogens with zero attached hydrogens (tertiary/aromatic N) is 1. The minimum absolute atomic E-state index is 0.189. The van der Waals surface area contributed by atoms with E-state index in [1.807, 2.05) is 62.4 Å². The summed E-state index contributed by atoms with van der Waals surface area (Å²) < 4.78 is 0. The van der Waals surface area contributed by atoms with Gasteiger partial charge in [0, 0.05) is 12.2 Å². The molecule has 172 valence electrons. The molecule has 0 aliphatic rings. The summed E-state index contributed by atoms with van der Waals surface area (Å²) >= 11 is 0. The van der Waals surface area contributed by atoms with Crippen LogP contribution in [0.1, 0.15) is 40.8 Å². The Bertz CT molecular complexity index is 1090. The number of nitrogens with one attached hydrogen (secondary N) is 1. The van der Waals surface area contributed by atoms with Gasteiger partial charge in [0.15, 0.2) is 0 Å². The largest absolute Gasteiger partial charge is 0.339 e. The van der Waals surface area contributed by atoms with E-state index in [0.717, 1.165) is 27.9 Å². The van der Waals surface area contributed by atoms with E-state index in [9.17, 15) is 9.59 Å². The predicted molar refractivity (Wildman–Crippen MR) is 134 cm³/mol. The maximum Gasteiger partial charge on any atom is 0.254 e. The van der Waals surface area contributed by atoms with Gasteiger partial charge in [0.25, 0.3) is 5.91 Å². The Labute approximate surface area is 196 Å². The lowest BCUT2D eigenvalue weighted by molar-refractivity contribution is -0.128. The minimum Gasteiger partial charge on any atom is -0.339 e. The molecule has 0 radical (unpaired) electrons. The number of carbonyl (C=O) groups is 2. The van der Waals surface area contributed by atoms with Crippen LogP contribution in [0, 0.1) is 20.8 Å². The topological polar surface area (TPSA) is 75.4 Å². The molecule has 0 spiro atoms. The Morgan fingerprint density at radius 2 is 1.58 bits per heavy atom. The van der Waals surface area contributed by atoms with Crippen LogP contribution in [-0.2, 0) is 16.0 Å². The number of aryl methyl sites for hydroxylation is 3. The lowest BCUT2D eigenvalue weighted by Gasteiger charge is -2.29. The predicted octanol–water partition coefficient (Wildman–Crippen LogP) is 4.39. The van der Waals surface area contributed by atoms with Crippen LogP contribution in [0.3, 0.4) is 0 Å². The molecule has 5 heteroatoms. The van der Waals surface area contributed by atoms with Crippen LogP contribution in [-0.4, -0.2) is 24.4 Å². The zero-order valence-electron chi connectivity index (χ0n) is 19.8. The Kier molecular flexibility index (Phi) is 8.01. The molecule has 0 aliphatic carbocycles. The summed E-state index contributed by atoms with van der Waals surface area (Å²) in [5.41, 5.74) is 11.9. The fourth-order valence-electron chi connectivity index (χ4n) is 3.62. The maximum atomic E-state index is 13.9. The average molecular weight is 444 g/mol. The molecule has 1 unspecified atom stereocenters. The Balaban J connectivity index is 1.97. The number of benzene rings is 3. The van der Waals surface area contributed by atoms with Gasteiger partial charge in [-0.25, -0.2) is 0 Å². The Hall–Kier alpha value is -3.44. The smallest absolute Gasteiger partial charge is 0.254 e. The molecule has 33 heavy (non-hydrogen) atoms. The fourth-order valence-corrected chi connectivity index (χ4v) is 3.62.